The van der Waals surface area contributed by atoms with Crippen LogP contribution < -0.4 is 0 Å². The lowest BCUT2D eigenvalue weighted by atomic mass is 9.99. The average Bonchev–Trinajstić information content (AvgIpc) is 3.42. The molecule has 2 fully saturated rings. The highest BCUT2D eigenvalue weighted by Crippen LogP contribution is 2.38. The standard InChI is InChI=1S/C32H35ClF2N6O2/c1-5-26(42)40-14-15-41(20(2)17-40)32(36-3)24-16-37-30(23-10-6-8-21-11-12-25(34)28(33)27(21)23)29(35)31(24)38-19-43-18-22-9-7-13-39(22)4/h5-6,8,10-12,16,19-20,22H,1,7,9,13-15,17-18H2,2-4H3/b36-32+,38-19+/t20-,22+/m1/s1. The molecule has 2 aliphatic heterocycles. The molecular formula is C32H35ClF2N6O2. The molecule has 43 heavy (non-hydrogen) atoms. The van der Waals surface area contributed by atoms with Gasteiger partial charge in [0.2, 0.25) is 5.91 Å². The molecule has 0 radical (unpaired) electrons. The van der Waals surface area contributed by atoms with Crippen LogP contribution in [-0.4, -0.2) is 96.8 Å². The van der Waals surface area contributed by atoms with Crippen LogP contribution in [0.5, 0.6) is 0 Å². The van der Waals surface area contributed by atoms with Gasteiger partial charge in [-0.3, -0.25) is 14.8 Å². The van der Waals surface area contributed by atoms with Crippen LogP contribution in [0, 0.1) is 11.6 Å². The fourth-order valence-corrected chi connectivity index (χ4v) is 6.17. The Morgan fingerprint density at radius 3 is 2.74 bits per heavy atom. The number of carbonyl (C=O) groups is 1. The van der Waals surface area contributed by atoms with Gasteiger partial charge in [0.25, 0.3) is 0 Å². The van der Waals surface area contributed by atoms with Crippen LogP contribution in [0.15, 0.2) is 59.2 Å². The zero-order chi connectivity index (χ0) is 30.7. The van der Waals surface area contributed by atoms with E-state index < -0.39 is 11.6 Å². The number of nitrogens with zero attached hydrogens (tertiary/aromatic N) is 6. The number of likely N-dealkylation sites (N-methyl/N-ethyl adjacent to an activating group) is 1. The smallest absolute Gasteiger partial charge is 0.246 e. The van der Waals surface area contributed by atoms with E-state index in [9.17, 15) is 9.18 Å². The van der Waals surface area contributed by atoms with Crippen molar-refractivity contribution >= 4 is 46.2 Å². The minimum atomic E-state index is -0.711. The number of likely N-dealkylation sites (tertiary alicyclic amines) is 1. The van der Waals surface area contributed by atoms with Crippen molar-refractivity contribution in [3.8, 4) is 11.3 Å². The lowest BCUT2D eigenvalue weighted by Crippen LogP contribution is -2.55. The average molecular weight is 609 g/mol. The molecular weight excluding hydrogens is 574 g/mol. The molecule has 0 bridgehead atoms. The fraction of sp³-hybridized carbons (Fsp3) is 0.375. The molecule has 2 aliphatic rings. The number of pyridine rings is 1. The summed E-state index contributed by atoms with van der Waals surface area (Å²) in [5, 5.41) is 0.906. The van der Waals surface area contributed by atoms with Gasteiger partial charge in [0.1, 0.15) is 29.6 Å². The van der Waals surface area contributed by atoms with Crippen molar-refractivity contribution in [3.63, 3.8) is 0 Å². The number of piperazine rings is 1. The van der Waals surface area contributed by atoms with Crippen LogP contribution in [-0.2, 0) is 9.53 Å². The Hall–Kier alpha value is -3.89. The van der Waals surface area contributed by atoms with E-state index >= 15 is 4.39 Å². The summed E-state index contributed by atoms with van der Waals surface area (Å²) in [4.78, 5) is 31.7. The highest BCUT2D eigenvalue weighted by Gasteiger charge is 2.31. The molecule has 3 heterocycles. The van der Waals surface area contributed by atoms with Crippen molar-refractivity contribution in [2.24, 2.45) is 9.98 Å². The van der Waals surface area contributed by atoms with Crippen LogP contribution in [0.2, 0.25) is 5.02 Å². The summed E-state index contributed by atoms with van der Waals surface area (Å²) in [6.07, 6.45) is 6.22. The van der Waals surface area contributed by atoms with Crippen LogP contribution in [0.1, 0.15) is 25.3 Å². The van der Waals surface area contributed by atoms with Crippen LogP contribution in [0.4, 0.5) is 14.5 Å². The van der Waals surface area contributed by atoms with Gasteiger partial charge >= 0.3 is 0 Å². The van der Waals surface area contributed by atoms with E-state index in [0.717, 1.165) is 19.4 Å². The monoisotopic (exact) mass is 608 g/mol. The Kier molecular flexibility index (Phi) is 9.37. The first-order valence-corrected chi connectivity index (χ1v) is 14.7. The minimum Gasteiger partial charge on any atom is -0.481 e. The Balaban J connectivity index is 1.56. The van der Waals surface area contributed by atoms with Crippen molar-refractivity contribution in [2.45, 2.75) is 31.8 Å². The molecule has 2 saturated heterocycles. The zero-order valence-corrected chi connectivity index (χ0v) is 25.3. The maximum Gasteiger partial charge on any atom is 0.246 e. The Morgan fingerprint density at radius 2 is 2.05 bits per heavy atom. The Labute approximate surface area is 255 Å². The number of ether oxygens (including phenoxy) is 1. The lowest BCUT2D eigenvalue weighted by molar-refractivity contribution is -0.128. The van der Waals surface area contributed by atoms with E-state index in [4.69, 9.17) is 16.3 Å². The maximum atomic E-state index is 16.6. The number of aliphatic imine (C=N–C) groups is 2. The van der Waals surface area contributed by atoms with Crippen molar-refractivity contribution in [1.29, 1.82) is 0 Å². The third-order valence-corrected chi connectivity index (χ3v) is 8.61. The molecule has 2 aromatic carbocycles. The lowest BCUT2D eigenvalue weighted by Gasteiger charge is -2.41. The first-order valence-electron chi connectivity index (χ1n) is 14.3. The summed E-state index contributed by atoms with van der Waals surface area (Å²) in [5.41, 5.74) is 0.687. The van der Waals surface area contributed by atoms with Gasteiger partial charge in [-0.15, -0.1) is 0 Å². The van der Waals surface area contributed by atoms with E-state index in [1.54, 1.807) is 36.2 Å². The van der Waals surface area contributed by atoms with Gasteiger partial charge in [0.15, 0.2) is 12.2 Å². The predicted molar refractivity (Wildman–Crippen MR) is 167 cm³/mol. The Bertz CT molecular complexity index is 1600. The first kappa shape index (κ1) is 30.6. The van der Waals surface area contributed by atoms with Crippen molar-refractivity contribution in [2.75, 3.05) is 46.9 Å². The molecule has 5 rings (SSSR count). The molecule has 0 spiro atoms. The normalized spacial score (nSPS) is 19.9. The fourth-order valence-electron chi connectivity index (χ4n) is 5.90. The number of aromatic nitrogens is 1. The van der Waals surface area contributed by atoms with Crippen molar-refractivity contribution < 1.29 is 18.3 Å². The summed E-state index contributed by atoms with van der Waals surface area (Å²) in [6.45, 7) is 8.38. The molecule has 0 N–H and O–H groups in total. The number of hydrogen-bond donors (Lipinski definition) is 0. The van der Waals surface area contributed by atoms with Crippen LogP contribution >= 0.6 is 11.6 Å². The molecule has 8 nitrogen and oxygen atoms in total. The van der Waals surface area contributed by atoms with Gasteiger partial charge in [-0.25, -0.2) is 13.8 Å². The predicted octanol–water partition coefficient (Wildman–Crippen LogP) is 5.70. The second-order valence-electron chi connectivity index (χ2n) is 10.9. The number of carbonyl (C=O) groups excluding carboxylic acids is 1. The number of halogens is 3. The number of fused-ring (bicyclic) bond motifs is 1. The first-order chi connectivity index (χ1) is 20.7. The molecule has 1 amide bonds. The largest absolute Gasteiger partial charge is 0.481 e. The maximum absolute atomic E-state index is 16.6. The number of hydrogen-bond acceptors (Lipinski definition) is 6. The molecule has 0 saturated carbocycles. The summed E-state index contributed by atoms with van der Waals surface area (Å²) < 4.78 is 36.9. The van der Waals surface area contributed by atoms with Gasteiger partial charge in [0.05, 0.1) is 10.6 Å². The number of amidine groups is 1. The highest BCUT2D eigenvalue weighted by molar-refractivity contribution is 6.36. The van der Waals surface area contributed by atoms with Crippen LogP contribution in [0.25, 0.3) is 22.0 Å². The van der Waals surface area contributed by atoms with Gasteiger partial charge < -0.3 is 19.4 Å². The second kappa shape index (κ2) is 13.2. The van der Waals surface area contributed by atoms with E-state index in [-0.39, 0.29) is 34.4 Å². The van der Waals surface area contributed by atoms with Crippen molar-refractivity contribution in [3.05, 3.63) is 71.4 Å². The van der Waals surface area contributed by atoms with E-state index in [1.165, 1.54) is 24.7 Å². The van der Waals surface area contributed by atoms with Gasteiger partial charge in [-0.2, -0.15) is 0 Å². The summed E-state index contributed by atoms with van der Waals surface area (Å²) >= 11 is 6.38. The molecule has 1 aromatic heterocycles. The molecule has 0 aliphatic carbocycles. The number of benzene rings is 2. The third kappa shape index (κ3) is 6.12. The molecule has 0 unspecified atom stereocenters. The SMILES string of the molecule is C=CC(=O)N1CCN(/C(=N/C)c2cnc(-c3cccc4ccc(F)c(Cl)c34)c(F)c2/N=C/OC[C@@H]2CCCN2C)[C@H](C)C1. The van der Waals surface area contributed by atoms with E-state index in [2.05, 4.69) is 33.5 Å². The summed E-state index contributed by atoms with van der Waals surface area (Å²) in [7, 11) is 3.68. The molecule has 226 valence electrons. The van der Waals surface area contributed by atoms with Gasteiger partial charge in [-0.05, 0) is 50.9 Å². The van der Waals surface area contributed by atoms with Crippen LogP contribution in [0.3, 0.4) is 0 Å². The highest BCUT2D eigenvalue weighted by atomic mass is 35.5. The third-order valence-electron chi connectivity index (χ3n) is 8.24. The van der Waals surface area contributed by atoms with Crippen molar-refractivity contribution in [1.82, 2.24) is 19.7 Å². The molecule has 2 atom stereocenters. The summed E-state index contributed by atoms with van der Waals surface area (Å²) in [6, 6.07) is 8.21. The quantitative estimate of drug-likeness (QED) is 0.195. The van der Waals surface area contributed by atoms with E-state index in [1.807, 2.05) is 11.8 Å². The molecule has 3 aromatic rings. The molecule has 11 heteroatoms. The number of rotatable bonds is 7. The van der Waals surface area contributed by atoms with E-state index in [0.29, 0.717) is 54.0 Å². The number of amides is 1. The second-order valence-corrected chi connectivity index (χ2v) is 11.2. The van der Waals surface area contributed by atoms with Gasteiger partial charge in [0, 0.05) is 55.9 Å². The van der Waals surface area contributed by atoms with Gasteiger partial charge in [-0.1, -0.05) is 42.4 Å². The zero-order valence-electron chi connectivity index (χ0n) is 24.6. The Morgan fingerprint density at radius 1 is 1.23 bits per heavy atom. The topological polar surface area (TPSA) is 73.6 Å². The summed E-state index contributed by atoms with van der Waals surface area (Å²) in [5.74, 6) is -0.969. The minimum absolute atomic E-state index is 0.00768.